The Hall–Kier alpha value is -1.96. The summed E-state index contributed by atoms with van der Waals surface area (Å²) in [5.41, 5.74) is -2.13. The zero-order valence-electron chi connectivity index (χ0n) is 10.6. The molecule has 0 fully saturated rings. The molecule has 8 heteroatoms. The highest BCUT2D eigenvalue weighted by Gasteiger charge is 2.35. The van der Waals surface area contributed by atoms with Gasteiger partial charge in [-0.1, -0.05) is 6.07 Å². The minimum Gasteiger partial charge on any atom is -0.319 e. The van der Waals surface area contributed by atoms with Gasteiger partial charge in [0.15, 0.2) is 5.82 Å². The number of benzene rings is 2. The first-order valence-electron chi connectivity index (χ1n) is 5.82. The van der Waals surface area contributed by atoms with Crippen molar-refractivity contribution in [1.29, 1.82) is 0 Å². The Morgan fingerprint density at radius 2 is 1.77 bits per heavy atom. The van der Waals surface area contributed by atoms with Crippen LogP contribution >= 0.6 is 15.9 Å². The van der Waals surface area contributed by atoms with E-state index in [4.69, 9.17) is 0 Å². The van der Waals surface area contributed by atoms with E-state index in [9.17, 15) is 26.7 Å². The molecule has 0 aromatic heterocycles. The smallest absolute Gasteiger partial charge is 0.319 e. The summed E-state index contributed by atoms with van der Waals surface area (Å²) in [6.45, 7) is 0. The molecule has 0 saturated heterocycles. The summed E-state index contributed by atoms with van der Waals surface area (Å²) >= 11 is 2.87. The Morgan fingerprint density at radius 1 is 1.09 bits per heavy atom. The maximum absolute atomic E-state index is 13.8. The van der Waals surface area contributed by atoms with Crippen LogP contribution in [0.2, 0.25) is 0 Å². The topological polar surface area (TPSA) is 29.1 Å². The van der Waals surface area contributed by atoms with E-state index in [-0.39, 0.29) is 10.0 Å². The Balaban J connectivity index is 2.31. The van der Waals surface area contributed by atoms with E-state index in [1.54, 1.807) is 0 Å². The Labute approximate surface area is 130 Å². The first-order chi connectivity index (χ1) is 10.2. The molecule has 0 aliphatic carbocycles. The molecule has 0 atom stereocenters. The van der Waals surface area contributed by atoms with Crippen molar-refractivity contribution in [1.82, 2.24) is 0 Å². The standard InChI is InChI=1S/C14H7BrF5NO/c15-9-6-7(4-5-10(9)16)13(22)21-11-3-1-2-8(12(11)17)14(18,19)20/h1-6H,(H,21,22). The Morgan fingerprint density at radius 3 is 2.36 bits per heavy atom. The van der Waals surface area contributed by atoms with Crippen molar-refractivity contribution in [2.75, 3.05) is 5.32 Å². The van der Waals surface area contributed by atoms with Crippen molar-refractivity contribution in [3.63, 3.8) is 0 Å². The van der Waals surface area contributed by atoms with E-state index >= 15 is 0 Å². The summed E-state index contributed by atoms with van der Waals surface area (Å²) in [6, 6.07) is 5.81. The molecule has 2 rings (SSSR count). The number of hydrogen-bond acceptors (Lipinski definition) is 1. The minimum atomic E-state index is -4.87. The number of nitrogens with one attached hydrogen (secondary N) is 1. The van der Waals surface area contributed by atoms with E-state index in [1.807, 2.05) is 5.32 Å². The average molecular weight is 380 g/mol. The fourth-order valence-corrected chi connectivity index (χ4v) is 2.06. The van der Waals surface area contributed by atoms with Crippen molar-refractivity contribution in [3.05, 3.63) is 63.6 Å². The molecule has 2 aromatic rings. The maximum atomic E-state index is 13.8. The summed E-state index contributed by atoms with van der Waals surface area (Å²) in [6.07, 6.45) is -4.87. The number of hydrogen-bond donors (Lipinski definition) is 1. The van der Waals surface area contributed by atoms with Crippen LogP contribution in [0.4, 0.5) is 27.6 Å². The Bertz CT molecular complexity index is 730. The van der Waals surface area contributed by atoms with Gasteiger partial charge in [0.1, 0.15) is 5.82 Å². The molecule has 0 bridgehead atoms. The van der Waals surface area contributed by atoms with Gasteiger partial charge in [-0.25, -0.2) is 8.78 Å². The molecular weight excluding hydrogens is 373 g/mol. The normalized spacial score (nSPS) is 11.4. The third-order valence-corrected chi connectivity index (χ3v) is 3.34. The molecule has 1 amide bonds. The molecule has 0 aliphatic rings. The van der Waals surface area contributed by atoms with Crippen LogP contribution in [0.25, 0.3) is 0 Å². The predicted octanol–water partition coefficient (Wildman–Crippen LogP) is 5.00. The monoisotopic (exact) mass is 379 g/mol. The zero-order chi connectivity index (χ0) is 16.5. The highest BCUT2D eigenvalue weighted by Crippen LogP contribution is 2.34. The zero-order valence-corrected chi connectivity index (χ0v) is 12.2. The third-order valence-electron chi connectivity index (χ3n) is 2.73. The molecule has 116 valence electrons. The van der Waals surface area contributed by atoms with Crippen molar-refractivity contribution >= 4 is 27.5 Å². The van der Waals surface area contributed by atoms with Crippen molar-refractivity contribution in [2.24, 2.45) is 0 Å². The van der Waals surface area contributed by atoms with Gasteiger partial charge in [-0.3, -0.25) is 4.79 Å². The average Bonchev–Trinajstić information content (AvgIpc) is 2.42. The molecule has 0 saturated carbocycles. The van der Waals surface area contributed by atoms with Gasteiger partial charge >= 0.3 is 6.18 Å². The third kappa shape index (κ3) is 3.44. The highest BCUT2D eigenvalue weighted by molar-refractivity contribution is 9.10. The summed E-state index contributed by atoms with van der Waals surface area (Å²) in [5, 5.41) is 2.03. The largest absolute Gasteiger partial charge is 0.419 e. The molecule has 2 aromatic carbocycles. The number of carbonyl (C=O) groups is 1. The second kappa shape index (κ2) is 6.04. The van der Waals surface area contributed by atoms with Crippen LogP contribution in [0.5, 0.6) is 0 Å². The number of rotatable bonds is 2. The maximum Gasteiger partial charge on any atom is 0.419 e. The van der Waals surface area contributed by atoms with Gasteiger partial charge in [0.05, 0.1) is 15.7 Å². The molecular formula is C14H7BrF5NO. The van der Waals surface area contributed by atoms with E-state index in [1.165, 1.54) is 0 Å². The molecule has 0 aliphatic heterocycles. The molecule has 22 heavy (non-hydrogen) atoms. The van der Waals surface area contributed by atoms with Crippen LogP contribution < -0.4 is 5.32 Å². The quantitative estimate of drug-likeness (QED) is 0.731. The second-order valence-electron chi connectivity index (χ2n) is 4.25. The highest BCUT2D eigenvalue weighted by atomic mass is 79.9. The van der Waals surface area contributed by atoms with Crippen LogP contribution in [-0.4, -0.2) is 5.91 Å². The second-order valence-corrected chi connectivity index (χ2v) is 5.10. The first-order valence-corrected chi connectivity index (χ1v) is 6.61. The summed E-state index contributed by atoms with van der Waals surface area (Å²) < 4.78 is 64.6. The Kier molecular flexibility index (Phi) is 4.50. The summed E-state index contributed by atoms with van der Waals surface area (Å²) in [7, 11) is 0. The van der Waals surface area contributed by atoms with E-state index in [0.717, 1.165) is 30.3 Å². The lowest BCUT2D eigenvalue weighted by Crippen LogP contribution is -2.16. The van der Waals surface area contributed by atoms with Gasteiger partial charge in [0.2, 0.25) is 0 Å². The first kappa shape index (κ1) is 16.4. The molecule has 0 spiro atoms. The van der Waals surface area contributed by atoms with Gasteiger partial charge in [0.25, 0.3) is 5.91 Å². The lowest BCUT2D eigenvalue weighted by atomic mass is 10.1. The van der Waals surface area contributed by atoms with Gasteiger partial charge in [-0.05, 0) is 46.3 Å². The van der Waals surface area contributed by atoms with Crippen LogP contribution in [0.15, 0.2) is 40.9 Å². The molecule has 1 N–H and O–H groups in total. The van der Waals surface area contributed by atoms with Crippen LogP contribution in [0, 0.1) is 11.6 Å². The van der Waals surface area contributed by atoms with Gasteiger partial charge in [-0.15, -0.1) is 0 Å². The number of halogens is 6. The van der Waals surface area contributed by atoms with Crippen LogP contribution in [0.3, 0.4) is 0 Å². The van der Waals surface area contributed by atoms with E-state index in [0.29, 0.717) is 6.07 Å². The fraction of sp³-hybridized carbons (Fsp3) is 0.0714. The SMILES string of the molecule is O=C(Nc1cccc(C(F)(F)F)c1F)c1ccc(F)c(Br)c1. The van der Waals surface area contributed by atoms with Crippen molar-refractivity contribution in [3.8, 4) is 0 Å². The molecule has 2 nitrogen and oxygen atoms in total. The van der Waals surface area contributed by atoms with Gasteiger partial charge < -0.3 is 5.32 Å². The summed E-state index contributed by atoms with van der Waals surface area (Å²) in [5.74, 6) is -3.05. The number of alkyl halides is 3. The van der Waals surface area contributed by atoms with E-state index in [2.05, 4.69) is 15.9 Å². The van der Waals surface area contributed by atoms with Crippen LogP contribution in [0.1, 0.15) is 15.9 Å². The molecule has 0 heterocycles. The number of anilines is 1. The lowest BCUT2D eigenvalue weighted by Gasteiger charge is -2.12. The van der Waals surface area contributed by atoms with Gasteiger partial charge in [0, 0.05) is 5.56 Å². The number of carbonyl (C=O) groups excluding carboxylic acids is 1. The molecule has 0 unspecified atom stereocenters. The van der Waals surface area contributed by atoms with Crippen LogP contribution in [-0.2, 0) is 6.18 Å². The van der Waals surface area contributed by atoms with Gasteiger partial charge in [-0.2, -0.15) is 13.2 Å². The minimum absolute atomic E-state index is 0.00432. The van der Waals surface area contributed by atoms with E-state index < -0.39 is 35.0 Å². The van der Waals surface area contributed by atoms with Crippen molar-refractivity contribution < 1.29 is 26.7 Å². The molecule has 0 radical (unpaired) electrons. The van der Waals surface area contributed by atoms with Crippen molar-refractivity contribution in [2.45, 2.75) is 6.18 Å². The summed E-state index contributed by atoms with van der Waals surface area (Å²) in [4.78, 5) is 11.9. The fourth-order valence-electron chi connectivity index (χ4n) is 1.68. The number of amides is 1. The predicted molar refractivity (Wildman–Crippen MR) is 73.5 cm³/mol. The lowest BCUT2D eigenvalue weighted by molar-refractivity contribution is -0.139.